The lowest BCUT2D eigenvalue weighted by atomic mass is 9.66. The van der Waals surface area contributed by atoms with Crippen LogP contribution in [0.15, 0.2) is 176 Å². The molecule has 8 aromatic carbocycles. The standard InChI is InChI=1S/C51H29NOS/c1-2-13-30(14-3-1)37-27-32-15-12-19-35-38-29-46(54-50(38)52-43-23-10-6-18-36(43)48(37)49(52)47(32)35)31-25-26-45-42(28-31)51(41-22-9-11-24-44(41)53-45)39-20-7-4-16-33(39)34-17-5-8-21-40(34)51/h1-29H. The predicted molar refractivity (Wildman–Crippen MR) is 225 cm³/mol. The highest BCUT2D eigenvalue weighted by molar-refractivity contribution is 7.22. The Kier molecular flexibility index (Phi) is 5.48. The van der Waals surface area contributed by atoms with E-state index in [-0.39, 0.29) is 0 Å². The van der Waals surface area contributed by atoms with Crippen molar-refractivity contribution in [2.45, 2.75) is 5.41 Å². The minimum atomic E-state index is -0.497. The number of aromatic nitrogens is 1. The average molecular weight is 704 g/mol. The lowest BCUT2D eigenvalue weighted by Gasteiger charge is -2.39. The molecule has 0 saturated heterocycles. The van der Waals surface area contributed by atoms with Gasteiger partial charge in [0.05, 0.1) is 16.4 Å². The van der Waals surface area contributed by atoms with Crippen LogP contribution >= 0.6 is 11.3 Å². The van der Waals surface area contributed by atoms with Gasteiger partial charge in [-0.25, -0.2) is 0 Å². The third-order valence-electron chi connectivity index (χ3n) is 12.2. The van der Waals surface area contributed by atoms with E-state index in [4.69, 9.17) is 4.74 Å². The van der Waals surface area contributed by atoms with Crippen molar-refractivity contribution in [3.05, 3.63) is 198 Å². The molecule has 2 aliphatic rings. The zero-order valence-electron chi connectivity index (χ0n) is 29.0. The Balaban J connectivity index is 1.12. The summed E-state index contributed by atoms with van der Waals surface area (Å²) in [7, 11) is 0. The first-order chi connectivity index (χ1) is 26.8. The van der Waals surface area contributed by atoms with Crippen LogP contribution in [0.1, 0.15) is 22.3 Å². The Morgan fingerprint density at radius 2 is 1.13 bits per heavy atom. The summed E-state index contributed by atoms with van der Waals surface area (Å²) in [5.41, 5.74) is 13.3. The summed E-state index contributed by atoms with van der Waals surface area (Å²) in [6.45, 7) is 0. The molecule has 54 heavy (non-hydrogen) atoms. The fraction of sp³-hybridized carbons (Fsp3) is 0.0196. The maximum Gasteiger partial charge on any atom is 0.132 e. The summed E-state index contributed by atoms with van der Waals surface area (Å²) in [4.78, 5) is 2.52. The lowest BCUT2D eigenvalue weighted by molar-refractivity contribution is 0.436. The third-order valence-corrected chi connectivity index (χ3v) is 13.4. The van der Waals surface area contributed by atoms with Crippen molar-refractivity contribution >= 4 is 59.5 Å². The minimum Gasteiger partial charge on any atom is -0.457 e. The molecule has 250 valence electrons. The van der Waals surface area contributed by atoms with Crippen LogP contribution in [0.4, 0.5) is 0 Å². The number of ether oxygens (including phenoxy) is 1. The fourth-order valence-electron chi connectivity index (χ4n) is 10.1. The maximum absolute atomic E-state index is 6.77. The van der Waals surface area contributed by atoms with Gasteiger partial charge in [0.1, 0.15) is 16.3 Å². The Hall–Kier alpha value is -6.68. The van der Waals surface area contributed by atoms with Crippen LogP contribution in [0, 0.1) is 0 Å². The van der Waals surface area contributed by atoms with Crippen molar-refractivity contribution < 1.29 is 4.74 Å². The number of fused-ring (bicyclic) bond motifs is 15. The van der Waals surface area contributed by atoms with Crippen LogP contribution in [-0.4, -0.2) is 4.40 Å². The molecule has 1 aliphatic carbocycles. The Labute approximate surface area is 315 Å². The summed E-state index contributed by atoms with van der Waals surface area (Å²) in [5, 5.41) is 7.79. The Bertz CT molecular complexity index is 3320. The van der Waals surface area contributed by atoms with Gasteiger partial charge in [-0.2, -0.15) is 0 Å². The molecule has 2 nitrogen and oxygen atoms in total. The van der Waals surface area contributed by atoms with Crippen LogP contribution in [0.3, 0.4) is 0 Å². The summed E-state index contributed by atoms with van der Waals surface area (Å²) < 4.78 is 9.32. The van der Waals surface area contributed by atoms with Gasteiger partial charge in [0.15, 0.2) is 0 Å². The molecule has 4 heterocycles. The molecule has 0 amide bonds. The van der Waals surface area contributed by atoms with Crippen LogP contribution in [0.5, 0.6) is 11.5 Å². The first-order valence-electron chi connectivity index (χ1n) is 18.6. The van der Waals surface area contributed by atoms with Gasteiger partial charge in [-0.05, 0) is 92.2 Å². The van der Waals surface area contributed by atoms with Gasteiger partial charge in [-0.3, -0.25) is 4.40 Å². The smallest absolute Gasteiger partial charge is 0.132 e. The summed E-state index contributed by atoms with van der Waals surface area (Å²) in [6, 6.07) is 64.9. The molecule has 3 heteroatoms. The summed E-state index contributed by atoms with van der Waals surface area (Å²) in [5.74, 6) is 1.83. The van der Waals surface area contributed by atoms with Crippen molar-refractivity contribution in [1.82, 2.24) is 4.40 Å². The molecule has 0 fully saturated rings. The molecule has 13 rings (SSSR count). The van der Waals surface area contributed by atoms with E-state index in [2.05, 4.69) is 180 Å². The second-order valence-electron chi connectivity index (χ2n) is 14.7. The first kappa shape index (κ1) is 28.9. The monoisotopic (exact) mass is 703 g/mol. The molecule has 0 bridgehead atoms. The number of para-hydroxylation sites is 2. The normalized spacial score (nSPS) is 13.9. The van der Waals surface area contributed by atoms with Crippen LogP contribution in [-0.2, 0) is 5.41 Å². The van der Waals surface area contributed by atoms with Gasteiger partial charge in [-0.15, -0.1) is 11.3 Å². The maximum atomic E-state index is 6.77. The van der Waals surface area contributed by atoms with E-state index in [1.807, 2.05) is 11.3 Å². The van der Waals surface area contributed by atoms with Crippen LogP contribution in [0.2, 0.25) is 0 Å². The molecule has 0 unspecified atom stereocenters. The molecule has 3 aromatic heterocycles. The highest BCUT2D eigenvalue weighted by Gasteiger charge is 2.51. The highest BCUT2D eigenvalue weighted by Crippen LogP contribution is 2.62. The minimum absolute atomic E-state index is 0.497. The van der Waals surface area contributed by atoms with E-state index < -0.39 is 5.41 Å². The second-order valence-corrected chi connectivity index (χ2v) is 15.8. The molecular formula is C51H29NOS. The Morgan fingerprint density at radius 3 is 1.96 bits per heavy atom. The number of hydrogen-bond acceptors (Lipinski definition) is 2. The number of benzene rings is 8. The van der Waals surface area contributed by atoms with Crippen LogP contribution < -0.4 is 4.74 Å². The summed E-state index contributed by atoms with van der Waals surface area (Å²) in [6.07, 6.45) is 0. The summed E-state index contributed by atoms with van der Waals surface area (Å²) >= 11 is 1.89. The topological polar surface area (TPSA) is 13.6 Å². The number of nitrogens with zero attached hydrogens (tertiary/aromatic N) is 1. The molecule has 0 radical (unpaired) electrons. The van der Waals surface area contributed by atoms with Gasteiger partial charge in [0, 0.05) is 37.5 Å². The van der Waals surface area contributed by atoms with E-state index in [1.54, 1.807) is 0 Å². The van der Waals surface area contributed by atoms with Crippen molar-refractivity contribution in [1.29, 1.82) is 0 Å². The molecule has 0 atom stereocenters. The molecule has 0 N–H and O–H groups in total. The highest BCUT2D eigenvalue weighted by atomic mass is 32.1. The van der Waals surface area contributed by atoms with Crippen molar-refractivity contribution in [2.75, 3.05) is 0 Å². The second kappa shape index (κ2) is 10.3. The van der Waals surface area contributed by atoms with Gasteiger partial charge in [0.25, 0.3) is 0 Å². The SMILES string of the molecule is c1ccc(-c2cc3cccc4c5cc(-c6ccc7c(c6)C6(c8ccccc8O7)c7ccccc7-c7ccccc76)sc5n5c6ccccc6c2c5c34)cc1. The Morgan fingerprint density at radius 1 is 0.444 bits per heavy atom. The van der Waals surface area contributed by atoms with E-state index in [1.165, 1.54) is 103 Å². The molecule has 1 spiro atoms. The van der Waals surface area contributed by atoms with Crippen molar-refractivity contribution in [3.63, 3.8) is 0 Å². The molecular weight excluding hydrogens is 675 g/mol. The largest absolute Gasteiger partial charge is 0.457 e. The lowest BCUT2D eigenvalue weighted by Crippen LogP contribution is -2.32. The van der Waals surface area contributed by atoms with E-state index in [0.29, 0.717) is 0 Å². The van der Waals surface area contributed by atoms with Gasteiger partial charge >= 0.3 is 0 Å². The van der Waals surface area contributed by atoms with Gasteiger partial charge < -0.3 is 4.74 Å². The fourth-order valence-corrected chi connectivity index (χ4v) is 11.3. The number of pyridine rings is 1. The van der Waals surface area contributed by atoms with Gasteiger partial charge in [0.2, 0.25) is 0 Å². The number of rotatable bonds is 2. The average Bonchev–Trinajstić information content (AvgIpc) is 3.92. The third kappa shape index (κ3) is 3.46. The van der Waals surface area contributed by atoms with E-state index >= 15 is 0 Å². The molecule has 0 saturated carbocycles. The number of hydrogen-bond donors (Lipinski definition) is 0. The van der Waals surface area contributed by atoms with Crippen LogP contribution in [0.25, 0.3) is 80.9 Å². The number of thiophene rings is 1. The van der Waals surface area contributed by atoms with E-state index in [0.717, 1.165) is 11.5 Å². The van der Waals surface area contributed by atoms with E-state index in [9.17, 15) is 0 Å². The first-order valence-corrected chi connectivity index (χ1v) is 19.4. The zero-order chi connectivity index (χ0) is 35.1. The molecule has 11 aromatic rings. The quantitative estimate of drug-likeness (QED) is 0.175. The van der Waals surface area contributed by atoms with Gasteiger partial charge in [-0.1, -0.05) is 133 Å². The van der Waals surface area contributed by atoms with Crippen molar-refractivity contribution in [3.8, 4) is 44.2 Å². The van der Waals surface area contributed by atoms with Crippen molar-refractivity contribution in [2.24, 2.45) is 0 Å². The predicted octanol–water partition coefficient (Wildman–Crippen LogP) is 13.9. The molecule has 1 aliphatic heterocycles. The zero-order valence-corrected chi connectivity index (χ0v) is 29.8.